The molecule has 1 fully saturated rings. The summed E-state index contributed by atoms with van der Waals surface area (Å²) >= 11 is 0. The molecule has 0 aliphatic heterocycles. The van der Waals surface area contributed by atoms with Gasteiger partial charge in [0.05, 0.1) is 12.7 Å². The summed E-state index contributed by atoms with van der Waals surface area (Å²) in [5.74, 6) is -0.400. The Kier molecular flexibility index (Phi) is 3.41. The molecule has 1 N–H and O–H groups in total. The standard InChI is InChI=1S/C13H18O3/c1-5-6-8-13(11(14)16-4)9-7-10(2)12(13,3)15/h6,15H,1-2,7-9H2,3-4H3/t12-,13-/m1/s1. The van der Waals surface area contributed by atoms with Crippen molar-refractivity contribution in [1.82, 2.24) is 0 Å². The molecule has 88 valence electrons. The maximum absolute atomic E-state index is 11.9. The van der Waals surface area contributed by atoms with Crippen LogP contribution in [0.2, 0.25) is 0 Å². The van der Waals surface area contributed by atoms with Gasteiger partial charge in [0.15, 0.2) is 0 Å². The Morgan fingerprint density at radius 3 is 2.75 bits per heavy atom. The first-order chi connectivity index (χ1) is 7.42. The second-order valence-corrected chi connectivity index (χ2v) is 4.36. The Bertz CT molecular complexity index is 361. The summed E-state index contributed by atoms with van der Waals surface area (Å²) < 4.78 is 4.81. The van der Waals surface area contributed by atoms with Crippen molar-refractivity contribution in [1.29, 1.82) is 0 Å². The van der Waals surface area contributed by atoms with Crippen LogP contribution in [0.1, 0.15) is 26.2 Å². The summed E-state index contributed by atoms with van der Waals surface area (Å²) in [4.78, 5) is 11.9. The lowest BCUT2D eigenvalue weighted by Gasteiger charge is -2.37. The first-order valence-electron chi connectivity index (χ1n) is 5.25. The molecule has 16 heavy (non-hydrogen) atoms. The second kappa shape index (κ2) is 4.28. The van der Waals surface area contributed by atoms with Crippen molar-refractivity contribution < 1.29 is 14.6 Å². The van der Waals surface area contributed by atoms with E-state index in [9.17, 15) is 9.90 Å². The number of carbonyl (C=O) groups is 1. The Morgan fingerprint density at radius 1 is 1.75 bits per heavy atom. The molecule has 0 aromatic carbocycles. The minimum Gasteiger partial charge on any atom is -0.468 e. The maximum Gasteiger partial charge on any atom is 0.315 e. The third kappa shape index (κ3) is 1.62. The van der Waals surface area contributed by atoms with Gasteiger partial charge in [0.1, 0.15) is 5.41 Å². The first kappa shape index (κ1) is 12.8. The molecule has 1 aliphatic rings. The van der Waals surface area contributed by atoms with Crippen LogP contribution in [0.3, 0.4) is 0 Å². The smallest absolute Gasteiger partial charge is 0.315 e. The van der Waals surface area contributed by atoms with Gasteiger partial charge in [-0.1, -0.05) is 13.2 Å². The van der Waals surface area contributed by atoms with Gasteiger partial charge in [-0.25, -0.2) is 0 Å². The molecule has 0 heterocycles. The number of aliphatic hydroxyl groups is 1. The maximum atomic E-state index is 11.9. The summed E-state index contributed by atoms with van der Waals surface area (Å²) in [6.45, 7) is 8.91. The van der Waals surface area contributed by atoms with Gasteiger partial charge in [0, 0.05) is 0 Å². The zero-order valence-electron chi connectivity index (χ0n) is 9.88. The Balaban J connectivity index is 3.19. The van der Waals surface area contributed by atoms with E-state index in [1.54, 1.807) is 13.0 Å². The van der Waals surface area contributed by atoms with E-state index in [-0.39, 0.29) is 0 Å². The predicted molar refractivity (Wildman–Crippen MR) is 61.8 cm³/mol. The van der Waals surface area contributed by atoms with E-state index in [1.165, 1.54) is 7.11 Å². The quantitative estimate of drug-likeness (QED) is 0.451. The van der Waals surface area contributed by atoms with Gasteiger partial charge in [-0.15, -0.1) is 5.73 Å². The Labute approximate surface area is 96.1 Å². The molecule has 3 heteroatoms. The average Bonchev–Trinajstić information content (AvgIpc) is 2.49. The third-order valence-corrected chi connectivity index (χ3v) is 3.64. The minimum atomic E-state index is -1.23. The van der Waals surface area contributed by atoms with E-state index in [0.717, 1.165) is 0 Å². The van der Waals surface area contributed by atoms with Crippen molar-refractivity contribution in [3.63, 3.8) is 0 Å². The molecule has 0 bridgehead atoms. The number of allylic oxidation sites excluding steroid dienone is 1. The highest BCUT2D eigenvalue weighted by molar-refractivity contribution is 5.80. The molecular formula is C13H18O3. The number of ether oxygens (including phenoxy) is 1. The van der Waals surface area contributed by atoms with Crippen LogP contribution in [0.5, 0.6) is 0 Å². The number of hydrogen-bond acceptors (Lipinski definition) is 3. The third-order valence-electron chi connectivity index (χ3n) is 3.64. The molecule has 0 amide bonds. The fourth-order valence-corrected chi connectivity index (χ4v) is 2.32. The lowest BCUT2D eigenvalue weighted by Crippen LogP contribution is -2.48. The van der Waals surface area contributed by atoms with Crippen molar-refractivity contribution in [2.75, 3.05) is 7.11 Å². The van der Waals surface area contributed by atoms with Gasteiger partial charge in [-0.2, -0.15) is 0 Å². The van der Waals surface area contributed by atoms with Gasteiger partial charge in [0.2, 0.25) is 0 Å². The molecule has 0 saturated heterocycles. The van der Waals surface area contributed by atoms with Crippen LogP contribution >= 0.6 is 0 Å². The van der Waals surface area contributed by atoms with Gasteiger partial charge in [0.25, 0.3) is 0 Å². The van der Waals surface area contributed by atoms with E-state index in [2.05, 4.69) is 18.9 Å². The van der Waals surface area contributed by atoms with Crippen LogP contribution in [0.15, 0.2) is 30.5 Å². The van der Waals surface area contributed by atoms with Crippen LogP contribution in [-0.4, -0.2) is 23.8 Å². The molecule has 0 unspecified atom stereocenters. The van der Waals surface area contributed by atoms with E-state index in [0.29, 0.717) is 24.8 Å². The number of methoxy groups -OCH3 is 1. The van der Waals surface area contributed by atoms with Crippen molar-refractivity contribution >= 4 is 5.97 Å². The Morgan fingerprint density at radius 2 is 2.38 bits per heavy atom. The average molecular weight is 222 g/mol. The van der Waals surface area contributed by atoms with Gasteiger partial charge in [-0.3, -0.25) is 4.79 Å². The molecular weight excluding hydrogens is 204 g/mol. The number of hydrogen-bond donors (Lipinski definition) is 1. The number of rotatable bonds is 3. The first-order valence-corrected chi connectivity index (χ1v) is 5.25. The molecule has 0 aromatic rings. The van der Waals surface area contributed by atoms with Crippen LogP contribution in [0.4, 0.5) is 0 Å². The van der Waals surface area contributed by atoms with Gasteiger partial charge < -0.3 is 9.84 Å². The minimum absolute atomic E-state index is 0.370. The molecule has 1 aliphatic carbocycles. The largest absolute Gasteiger partial charge is 0.468 e. The topological polar surface area (TPSA) is 46.5 Å². The van der Waals surface area contributed by atoms with Gasteiger partial charge in [-0.05, 0) is 37.8 Å². The highest BCUT2D eigenvalue weighted by Crippen LogP contribution is 2.52. The fourth-order valence-electron chi connectivity index (χ4n) is 2.32. The van der Waals surface area contributed by atoms with Crippen LogP contribution in [0, 0.1) is 5.41 Å². The summed E-state index contributed by atoms with van der Waals surface area (Å²) in [6, 6.07) is 0. The summed E-state index contributed by atoms with van der Waals surface area (Å²) in [6.07, 6.45) is 3.20. The zero-order chi connectivity index (χ0) is 12.4. The molecule has 0 radical (unpaired) electrons. The summed E-state index contributed by atoms with van der Waals surface area (Å²) in [5, 5.41) is 10.4. The molecule has 1 rings (SSSR count). The highest BCUT2D eigenvalue weighted by Gasteiger charge is 2.58. The number of carbonyl (C=O) groups excluding carboxylic acids is 1. The van der Waals surface area contributed by atoms with Crippen LogP contribution in [0.25, 0.3) is 0 Å². The number of esters is 1. The Hall–Kier alpha value is -1.31. The van der Waals surface area contributed by atoms with Crippen LogP contribution in [-0.2, 0) is 9.53 Å². The van der Waals surface area contributed by atoms with Crippen molar-refractivity contribution in [3.05, 3.63) is 30.5 Å². The summed E-state index contributed by atoms with van der Waals surface area (Å²) in [7, 11) is 1.33. The van der Waals surface area contributed by atoms with Crippen molar-refractivity contribution in [2.24, 2.45) is 5.41 Å². The lowest BCUT2D eigenvalue weighted by molar-refractivity contribution is -0.163. The molecule has 0 aromatic heterocycles. The molecule has 1 saturated carbocycles. The predicted octanol–water partition coefficient (Wildman–Crippen LogP) is 1.98. The van der Waals surface area contributed by atoms with Crippen molar-refractivity contribution in [2.45, 2.75) is 31.8 Å². The van der Waals surface area contributed by atoms with E-state index >= 15 is 0 Å². The highest BCUT2D eigenvalue weighted by atomic mass is 16.5. The van der Waals surface area contributed by atoms with E-state index in [1.807, 2.05) is 0 Å². The van der Waals surface area contributed by atoms with E-state index in [4.69, 9.17) is 4.74 Å². The fraction of sp³-hybridized carbons (Fsp3) is 0.538. The normalized spacial score (nSPS) is 33.3. The van der Waals surface area contributed by atoms with Crippen LogP contribution < -0.4 is 0 Å². The summed E-state index contributed by atoms with van der Waals surface area (Å²) in [5.41, 5.74) is 1.13. The molecule has 3 nitrogen and oxygen atoms in total. The zero-order valence-corrected chi connectivity index (χ0v) is 9.88. The van der Waals surface area contributed by atoms with Gasteiger partial charge >= 0.3 is 5.97 Å². The SMILES string of the molecule is C=C=CC[C@]1(C(=O)OC)CCC(=C)[C@@]1(C)O. The van der Waals surface area contributed by atoms with E-state index < -0.39 is 17.0 Å². The monoisotopic (exact) mass is 222 g/mol. The lowest BCUT2D eigenvalue weighted by atomic mass is 9.72. The second-order valence-electron chi connectivity index (χ2n) is 4.36. The molecule has 2 atom stereocenters. The van der Waals surface area contributed by atoms with Crippen molar-refractivity contribution in [3.8, 4) is 0 Å². The molecule has 0 spiro atoms.